The first kappa shape index (κ1) is 17.7. The average Bonchev–Trinajstić information content (AvgIpc) is 3.19. The second-order valence-electron chi connectivity index (χ2n) is 6.38. The van der Waals surface area contributed by atoms with Gasteiger partial charge in [-0.2, -0.15) is 11.3 Å². The molecule has 1 aromatic heterocycles. The Hall–Kier alpha value is -2.14. The molecule has 0 atom stereocenters. The minimum absolute atomic E-state index is 0.00863. The van der Waals surface area contributed by atoms with Crippen molar-refractivity contribution in [2.75, 3.05) is 20.2 Å². The summed E-state index contributed by atoms with van der Waals surface area (Å²) < 4.78 is 5.13. The molecule has 0 unspecified atom stereocenters. The molecule has 132 valence electrons. The normalized spacial score (nSPS) is 15.2. The van der Waals surface area contributed by atoms with Crippen molar-refractivity contribution in [2.45, 2.75) is 25.7 Å². The lowest BCUT2D eigenvalue weighted by atomic mass is 9.88. The van der Waals surface area contributed by atoms with Crippen LogP contribution in [-0.2, 0) is 11.2 Å². The Bertz CT molecular complexity index is 701. The second kappa shape index (κ2) is 8.30. The van der Waals surface area contributed by atoms with E-state index < -0.39 is 0 Å². The molecule has 0 saturated carbocycles. The smallest absolute Gasteiger partial charge is 0.222 e. The lowest BCUT2D eigenvalue weighted by Crippen LogP contribution is -2.40. The van der Waals surface area contributed by atoms with Crippen molar-refractivity contribution < 1.29 is 14.3 Å². The van der Waals surface area contributed by atoms with Crippen LogP contribution in [0, 0.1) is 5.92 Å². The number of hydrogen-bond donors (Lipinski definition) is 0. The molecular formula is C20H23NO3S. The summed E-state index contributed by atoms with van der Waals surface area (Å²) in [6, 6.07) is 9.34. The van der Waals surface area contributed by atoms with E-state index in [1.807, 2.05) is 34.5 Å². The van der Waals surface area contributed by atoms with Gasteiger partial charge in [-0.15, -0.1) is 0 Å². The molecule has 25 heavy (non-hydrogen) atoms. The highest BCUT2D eigenvalue weighted by atomic mass is 32.1. The Labute approximate surface area is 152 Å². The Morgan fingerprint density at radius 2 is 1.88 bits per heavy atom. The summed E-state index contributed by atoms with van der Waals surface area (Å²) in [7, 11) is 1.61. The first-order chi connectivity index (χ1) is 12.2. The van der Waals surface area contributed by atoms with E-state index in [9.17, 15) is 9.59 Å². The van der Waals surface area contributed by atoms with Crippen molar-refractivity contribution in [1.29, 1.82) is 0 Å². The SMILES string of the molecule is COc1ccc(C(=O)C2CCN(C(=O)CCc3ccsc3)CC2)cc1. The van der Waals surface area contributed by atoms with Gasteiger partial charge in [0.25, 0.3) is 0 Å². The predicted molar refractivity (Wildman–Crippen MR) is 99.3 cm³/mol. The van der Waals surface area contributed by atoms with Crippen LogP contribution in [-0.4, -0.2) is 36.8 Å². The van der Waals surface area contributed by atoms with E-state index in [0.717, 1.165) is 30.6 Å². The third-order valence-corrected chi connectivity index (χ3v) is 5.53. The molecule has 1 saturated heterocycles. The number of benzene rings is 1. The number of carbonyl (C=O) groups excluding carboxylic acids is 2. The fourth-order valence-electron chi connectivity index (χ4n) is 3.23. The first-order valence-electron chi connectivity index (χ1n) is 8.64. The van der Waals surface area contributed by atoms with Crippen molar-refractivity contribution in [3.8, 4) is 5.75 Å². The lowest BCUT2D eigenvalue weighted by molar-refractivity contribution is -0.132. The maximum absolute atomic E-state index is 12.6. The number of ether oxygens (including phenoxy) is 1. The Kier molecular flexibility index (Phi) is 5.87. The quantitative estimate of drug-likeness (QED) is 0.739. The van der Waals surface area contributed by atoms with Crippen LogP contribution in [0.4, 0.5) is 0 Å². The van der Waals surface area contributed by atoms with Crippen LogP contribution in [0.2, 0.25) is 0 Å². The van der Waals surface area contributed by atoms with Gasteiger partial charge in [-0.1, -0.05) is 0 Å². The van der Waals surface area contributed by atoms with E-state index >= 15 is 0 Å². The van der Waals surface area contributed by atoms with Crippen molar-refractivity contribution in [3.05, 3.63) is 52.2 Å². The molecule has 1 aliphatic heterocycles. The zero-order valence-electron chi connectivity index (χ0n) is 14.4. The number of likely N-dealkylation sites (tertiary alicyclic amines) is 1. The van der Waals surface area contributed by atoms with Crippen LogP contribution in [0.3, 0.4) is 0 Å². The number of piperidine rings is 1. The second-order valence-corrected chi connectivity index (χ2v) is 7.16. The summed E-state index contributed by atoms with van der Waals surface area (Å²) >= 11 is 1.66. The first-order valence-corrected chi connectivity index (χ1v) is 9.59. The Balaban J connectivity index is 1.48. The molecule has 2 aromatic rings. The average molecular weight is 357 g/mol. The largest absolute Gasteiger partial charge is 0.497 e. The van der Waals surface area contributed by atoms with Crippen LogP contribution >= 0.6 is 11.3 Å². The highest BCUT2D eigenvalue weighted by Crippen LogP contribution is 2.23. The standard InChI is InChI=1S/C20H23NO3S/c1-24-18-5-3-16(4-6-18)20(23)17-8-11-21(12-9-17)19(22)7-2-15-10-13-25-14-15/h3-6,10,13-14,17H,2,7-9,11-12H2,1H3. The minimum atomic E-state index is 0.00863. The predicted octanol–water partition coefficient (Wildman–Crippen LogP) is 3.81. The van der Waals surface area contributed by atoms with Gasteiger partial charge in [-0.05, 0) is 65.9 Å². The molecule has 0 radical (unpaired) electrons. The van der Waals surface area contributed by atoms with Gasteiger partial charge >= 0.3 is 0 Å². The summed E-state index contributed by atoms with van der Waals surface area (Å²) in [5, 5.41) is 4.13. The number of amides is 1. The molecule has 1 aromatic carbocycles. The Morgan fingerprint density at radius 1 is 1.16 bits per heavy atom. The zero-order valence-corrected chi connectivity index (χ0v) is 15.3. The number of carbonyl (C=O) groups is 2. The molecule has 3 rings (SSSR count). The summed E-state index contributed by atoms with van der Waals surface area (Å²) in [5.41, 5.74) is 1.95. The maximum Gasteiger partial charge on any atom is 0.222 e. The number of aryl methyl sites for hydroxylation is 1. The zero-order chi connectivity index (χ0) is 17.6. The van der Waals surface area contributed by atoms with Gasteiger partial charge in [-0.25, -0.2) is 0 Å². The summed E-state index contributed by atoms with van der Waals surface area (Å²) in [6.45, 7) is 1.35. The van der Waals surface area contributed by atoms with Gasteiger partial charge in [0.15, 0.2) is 5.78 Å². The number of thiophene rings is 1. The van der Waals surface area contributed by atoms with E-state index in [4.69, 9.17) is 4.74 Å². The van der Waals surface area contributed by atoms with Gasteiger partial charge in [-0.3, -0.25) is 9.59 Å². The third kappa shape index (κ3) is 4.48. The Morgan fingerprint density at radius 3 is 2.48 bits per heavy atom. The molecule has 0 N–H and O–H groups in total. The van der Waals surface area contributed by atoms with Gasteiger partial charge in [0.1, 0.15) is 5.75 Å². The molecule has 1 fully saturated rings. The fraction of sp³-hybridized carbons (Fsp3) is 0.400. The van der Waals surface area contributed by atoms with Crippen LogP contribution < -0.4 is 4.74 Å². The molecule has 1 aliphatic rings. The molecule has 2 heterocycles. The topological polar surface area (TPSA) is 46.6 Å². The third-order valence-electron chi connectivity index (χ3n) is 4.80. The summed E-state index contributed by atoms with van der Waals surface area (Å²) in [4.78, 5) is 26.9. The van der Waals surface area contributed by atoms with Crippen LogP contribution in [0.25, 0.3) is 0 Å². The lowest BCUT2D eigenvalue weighted by Gasteiger charge is -2.31. The van der Waals surface area contributed by atoms with Crippen molar-refractivity contribution in [2.24, 2.45) is 5.92 Å². The molecule has 4 nitrogen and oxygen atoms in total. The number of rotatable bonds is 6. The van der Waals surface area contributed by atoms with Gasteiger partial charge in [0, 0.05) is 31.0 Å². The van der Waals surface area contributed by atoms with Gasteiger partial charge in [0.05, 0.1) is 7.11 Å². The fourth-order valence-corrected chi connectivity index (χ4v) is 3.93. The molecular weight excluding hydrogens is 334 g/mol. The van der Waals surface area contributed by atoms with Crippen molar-refractivity contribution >= 4 is 23.0 Å². The van der Waals surface area contributed by atoms with Gasteiger partial charge in [0.2, 0.25) is 5.91 Å². The number of nitrogens with zero attached hydrogens (tertiary/aromatic N) is 1. The molecule has 0 aliphatic carbocycles. The van der Waals surface area contributed by atoms with Crippen molar-refractivity contribution in [3.63, 3.8) is 0 Å². The number of ketones is 1. The number of hydrogen-bond acceptors (Lipinski definition) is 4. The highest BCUT2D eigenvalue weighted by Gasteiger charge is 2.27. The molecule has 1 amide bonds. The van der Waals surface area contributed by atoms with Gasteiger partial charge < -0.3 is 9.64 Å². The number of methoxy groups -OCH3 is 1. The number of Topliss-reactive ketones (excluding diaryl/α,β-unsaturated/α-hetero) is 1. The molecule has 0 spiro atoms. The van der Waals surface area contributed by atoms with Crippen molar-refractivity contribution in [1.82, 2.24) is 4.90 Å². The monoisotopic (exact) mass is 357 g/mol. The van der Waals surface area contributed by atoms with Crippen LogP contribution in [0.5, 0.6) is 5.75 Å². The van der Waals surface area contributed by atoms with Crippen LogP contribution in [0.15, 0.2) is 41.1 Å². The molecule has 5 heteroatoms. The minimum Gasteiger partial charge on any atom is -0.497 e. The maximum atomic E-state index is 12.6. The molecule has 0 bridgehead atoms. The van der Waals surface area contributed by atoms with E-state index in [2.05, 4.69) is 11.4 Å². The van der Waals surface area contributed by atoms with E-state index in [1.165, 1.54) is 5.56 Å². The summed E-state index contributed by atoms with van der Waals surface area (Å²) in [6.07, 6.45) is 2.84. The van der Waals surface area contributed by atoms with E-state index in [0.29, 0.717) is 19.5 Å². The highest BCUT2D eigenvalue weighted by molar-refractivity contribution is 7.07. The summed E-state index contributed by atoms with van der Waals surface area (Å²) in [5.74, 6) is 1.13. The van der Waals surface area contributed by atoms with E-state index in [-0.39, 0.29) is 17.6 Å². The van der Waals surface area contributed by atoms with Crippen LogP contribution in [0.1, 0.15) is 35.2 Å². The van der Waals surface area contributed by atoms with E-state index in [1.54, 1.807) is 18.4 Å².